The van der Waals surface area contributed by atoms with Crippen molar-refractivity contribution in [3.05, 3.63) is 54.0 Å². The van der Waals surface area contributed by atoms with E-state index in [-0.39, 0.29) is 0 Å². The molecule has 1 saturated heterocycles. The Bertz CT molecular complexity index is 782. The number of benzene rings is 2. The zero-order chi connectivity index (χ0) is 16.2. The van der Waals surface area contributed by atoms with Crippen LogP contribution in [-0.4, -0.2) is 49.2 Å². The minimum Gasteiger partial charge on any atom is -0.492 e. The fourth-order valence-corrected chi connectivity index (χ4v) is 3.78. The average Bonchev–Trinajstić information content (AvgIpc) is 3.17. The number of hydrogen-bond acceptors (Lipinski definition) is 5. The van der Waals surface area contributed by atoms with Crippen molar-refractivity contribution in [2.75, 3.05) is 44.2 Å². The van der Waals surface area contributed by atoms with Gasteiger partial charge in [0.2, 0.25) is 0 Å². The molecule has 5 heteroatoms. The number of hydrogen-bond donors (Lipinski definition) is 0. The Morgan fingerprint density at radius 1 is 1.00 bits per heavy atom. The Kier molecular flexibility index (Phi) is 4.62. The molecule has 3 aromatic rings. The number of piperazine rings is 1. The molecule has 0 aliphatic carbocycles. The van der Waals surface area contributed by atoms with Crippen molar-refractivity contribution in [3.8, 4) is 5.75 Å². The summed E-state index contributed by atoms with van der Waals surface area (Å²) in [6.07, 6.45) is 1.88. The van der Waals surface area contributed by atoms with E-state index in [1.54, 1.807) is 11.3 Å². The first-order chi connectivity index (χ1) is 11.9. The highest BCUT2D eigenvalue weighted by atomic mass is 32.1. The number of fused-ring (bicyclic) bond motifs is 1. The van der Waals surface area contributed by atoms with Gasteiger partial charge in [0.05, 0.1) is 0 Å². The van der Waals surface area contributed by atoms with Crippen LogP contribution in [0.15, 0.2) is 54.0 Å². The molecule has 0 atom stereocenters. The second kappa shape index (κ2) is 7.20. The third kappa shape index (κ3) is 3.52. The Labute approximate surface area is 146 Å². The highest BCUT2D eigenvalue weighted by molar-refractivity contribution is 7.13. The fourth-order valence-electron chi connectivity index (χ4n) is 3.08. The van der Waals surface area contributed by atoms with Crippen molar-refractivity contribution in [2.24, 2.45) is 0 Å². The third-order valence-electron chi connectivity index (χ3n) is 4.46. The minimum absolute atomic E-state index is 0.732. The third-order valence-corrected chi connectivity index (χ3v) is 5.29. The highest BCUT2D eigenvalue weighted by Crippen LogP contribution is 2.21. The van der Waals surface area contributed by atoms with Crippen LogP contribution in [0.5, 0.6) is 5.75 Å². The maximum Gasteiger partial charge on any atom is 0.185 e. The molecule has 1 aromatic heterocycles. The molecule has 0 radical (unpaired) electrons. The molecule has 0 unspecified atom stereocenters. The minimum atomic E-state index is 0.732. The summed E-state index contributed by atoms with van der Waals surface area (Å²) in [6.45, 7) is 5.93. The summed E-state index contributed by atoms with van der Waals surface area (Å²) in [5.41, 5.74) is 0. The zero-order valence-electron chi connectivity index (χ0n) is 13.6. The van der Waals surface area contributed by atoms with E-state index < -0.39 is 0 Å². The van der Waals surface area contributed by atoms with Gasteiger partial charge in [-0.15, -0.1) is 11.3 Å². The van der Waals surface area contributed by atoms with Gasteiger partial charge in [0.25, 0.3) is 0 Å². The van der Waals surface area contributed by atoms with E-state index in [0.717, 1.165) is 50.2 Å². The zero-order valence-corrected chi connectivity index (χ0v) is 14.4. The van der Waals surface area contributed by atoms with Gasteiger partial charge in [-0.2, -0.15) is 0 Å². The van der Waals surface area contributed by atoms with Gasteiger partial charge in [0.1, 0.15) is 12.4 Å². The normalized spacial score (nSPS) is 15.8. The molecule has 124 valence electrons. The summed E-state index contributed by atoms with van der Waals surface area (Å²) < 4.78 is 5.95. The Morgan fingerprint density at radius 3 is 2.62 bits per heavy atom. The molecule has 1 fully saturated rings. The van der Waals surface area contributed by atoms with Gasteiger partial charge in [-0.1, -0.05) is 30.3 Å². The molecule has 0 spiro atoms. The van der Waals surface area contributed by atoms with Gasteiger partial charge in [-0.05, 0) is 22.9 Å². The molecular weight excluding hydrogens is 318 g/mol. The molecule has 0 N–H and O–H groups in total. The number of aromatic nitrogens is 1. The molecule has 1 aliphatic heterocycles. The number of anilines is 1. The van der Waals surface area contributed by atoms with Crippen LogP contribution in [0.2, 0.25) is 0 Å². The van der Waals surface area contributed by atoms with Crippen LogP contribution >= 0.6 is 11.3 Å². The average molecular weight is 339 g/mol. The van der Waals surface area contributed by atoms with Crippen LogP contribution in [0.1, 0.15) is 0 Å². The SMILES string of the molecule is c1ccc2cc(OCCN3CCN(c4nccs4)CC3)ccc2c1. The smallest absolute Gasteiger partial charge is 0.185 e. The predicted molar refractivity (Wildman–Crippen MR) is 100 cm³/mol. The lowest BCUT2D eigenvalue weighted by Gasteiger charge is -2.34. The van der Waals surface area contributed by atoms with Crippen molar-refractivity contribution in [2.45, 2.75) is 0 Å². The molecule has 2 aromatic carbocycles. The summed E-state index contributed by atoms with van der Waals surface area (Å²) in [6, 6.07) is 14.7. The van der Waals surface area contributed by atoms with Crippen LogP contribution in [0, 0.1) is 0 Å². The van der Waals surface area contributed by atoms with E-state index in [9.17, 15) is 0 Å². The number of nitrogens with zero attached hydrogens (tertiary/aromatic N) is 3. The fraction of sp³-hybridized carbons (Fsp3) is 0.316. The summed E-state index contributed by atoms with van der Waals surface area (Å²) in [5, 5.41) is 5.66. The maximum atomic E-state index is 5.95. The Morgan fingerprint density at radius 2 is 1.83 bits per heavy atom. The predicted octanol–water partition coefficient (Wildman–Crippen LogP) is 3.50. The van der Waals surface area contributed by atoms with Gasteiger partial charge in [0, 0.05) is 44.3 Å². The molecule has 2 heterocycles. The quantitative estimate of drug-likeness (QED) is 0.711. The Balaban J connectivity index is 1.25. The first-order valence-corrected chi connectivity index (χ1v) is 9.25. The lowest BCUT2D eigenvalue weighted by Crippen LogP contribution is -2.47. The van der Waals surface area contributed by atoms with E-state index in [0.29, 0.717) is 0 Å². The molecule has 4 nitrogen and oxygen atoms in total. The largest absolute Gasteiger partial charge is 0.492 e. The standard InChI is InChI=1S/C19H21N3OS/c1-2-4-17-15-18(6-5-16(17)3-1)23-13-12-21-8-10-22(11-9-21)19-20-7-14-24-19/h1-7,14-15H,8-13H2. The van der Waals surface area contributed by atoms with Gasteiger partial charge in [0.15, 0.2) is 5.13 Å². The van der Waals surface area contributed by atoms with Crippen LogP contribution in [-0.2, 0) is 0 Å². The Hall–Kier alpha value is -2.11. The van der Waals surface area contributed by atoms with Gasteiger partial charge in [-0.25, -0.2) is 4.98 Å². The van der Waals surface area contributed by atoms with E-state index in [2.05, 4.69) is 57.2 Å². The summed E-state index contributed by atoms with van der Waals surface area (Å²) in [5.74, 6) is 0.954. The van der Waals surface area contributed by atoms with Crippen LogP contribution < -0.4 is 9.64 Å². The van der Waals surface area contributed by atoms with Crippen molar-refractivity contribution in [1.82, 2.24) is 9.88 Å². The molecule has 0 amide bonds. The molecule has 0 bridgehead atoms. The van der Waals surface area contributed by atoms with E-state index >= 15 is 0 Å². The van der Waals surface area contributed by atoms with Crippen LogP contribution in [0.25, 0.3) is 10.8 Å². The number of ether oxygens (including phenoxy) is 1. The van der Waals surface area contributed by atoms with Gasteiger partial charge < -0.3 is 9.64 Å². The summed E-state index contributed by atoms with van der Waals surface area (Å²) in [7, 11) is 0. The van der Waals surface area contributed by atoms with E-state index in [1.165, 1.54) is 10.8 Å². The summed E-state index contributed by atoms with van der Waals surface area (Å²) >= 11 is 1.72. The van der Waals surface area contributed by atoms with Crippen LogP contribution in [0.4, 0.5) is 5.13 Å². The lowest BCUT2D eigenvalue weighted by atomic mass is 10.1. The molecular formula is C19H21N3OS. The topological polar surface area (TPSA) is 28.6 Å². The van der Waals surface area contributed by atoms with Crippen molar-refractivity contribution < 1.29 is 4.74 Å². The highest BCUT2D eigenvalue weighted by Gasteiger charge is 2.18. The second-order valence-electron chi connectivity index (χ2n) is 6.00. The number of rotatable bonds is 5. The first kappa shape index (κ1) is 15.4. The first-order valence-electron chi connectivity index (χ1n) is 8.37. The van der Waals surface area contributed by atoms with E-state index in [1.807, 2.05) is 11.6 Å². The molecule has 24 heavy (non-hydrogen) atoms. The monoisotopic (exact) mass is 339 g/mol. The van der Waals surface area contributed by atoms with Crippen LogP contribution in [0.3, 0.4) is 0 Å². The maximum absolute atomic E-state index is 5.95. The molecule has 4 rings (SSSR count). The van der Waals surface area contributed by atoms with E-state index in [4.69, 9.17) is 4.74 Å². The number of thiazole rings is 1. The molecule has 1 aliphatic rings. The van der Waals surface area contributed by atoms with Crippen molar-refractivity contribution >= 4 is 27.2 Å². The van der Waals surface area contributed by atoms with Crippen molar-refractivity contribution in [3.63, 3.8) is 0 Å². The summed E-state index contributed by atoms with van der Waals surface area (Å²) in [4.78, 5) is 9.22. The second-order valence-corrected chi connectivity index (χ2v) is 6.87. The lowest BCUT2D eigenvalue weighted by molar-refractivity contribution is 0.200. The van der Waals surface area contributed by atoms with Gasteiger partial charge in [-0.3, -0.25) is 4.90 Å². The van der Waals surface area contributed by atoms with Gasteiger partial charge >= 0.3 is 0 Å². The molecule has 0 saturated carbocycles. The van der Waals surface area contributed by atoms with Crippen molar-refractivity contribution in [1.29, 1.82) is 0 Å².